The quantitative estimate of drug-likeness (QED) is 0.829. The fourth-order valence-corrected chi connectivity index (χ4v) is 2.44. The molecular weight excluding hydrogens is 198 g/mol. The van der Waals surface area contributed by atoms with Gasteiger partial charge in [-0.2, -0.15) is 0 Å². The summed E-state index contributed by atoms with van der Waals surface area (Å²) in [6.07, 6.45) is 4.46. The average Bonchev–Trinajstić information content (AvgIpc) is 2.75. The summed E-state index contributed by atoms with van der Waals surface area (Å²) >= 11 is 1.58. The molecule has 3 nitrogen and oxygen atoms in total. The Morgan fingerprint density at radius 1 is 1.71 bits per heavy atom. The van der Waals surface area contributed by atoms with Gasteiger partial charge in [-0.15, -0.1) is 11.3 Å². The zero-order chi connectivity index (χ0) is 9.97. The third-order valence-electron chi connectivity index (χ3n) is 2.59. The van der Waals surface area contributed by atoms with E-state index in [0.29, 0.717) is 12.5 Å². The molecule has 1 saturated heterocycles. The van der Waals surface area contributed by atoms with E-state index < -0.39 is 0 Å². The van der Waals surface area contributed by atoms with Crippen LogP contribution in [0.25, 0.3) is 0 Å². The second-order valence-corrected chi connectivity index (χ2v) is 4.77. The second kappa shape index (κ2) is 4.38. The van der Waals surface area contributed by atoms with Crippen LogP contribution in [0.5, 0.6) is 0 Å². The molecule has 1 aliphatic heterocycles. The summed E-state index contributed by atoms with van der Waals surface area (Å²) in [5, 5.41) is 9.89. The van der Waals surface area contributed by atoms with Crippen LogP contribution < -0.4 is 0 Å². The van der Waals surface area contributed by atoms with E-state index in [1.807, 2.05) is 6.20 Å². The summed E-state index contributed by atoms with van der Waals surface area (Å²) in [4.78, 5) is 5.11. The SMILES string of the molecule is CC1CCC(C(O)Cc2cncs2)O1. The number of hydrogen-bond acceptors (Lipinski definition) is 4. The molecule has 0 amide bonds. The van der Waals surface area contributed by atoms with Crippen LogP contribution in [0.4, 0.5) is 0 Å². The van der Waals surface area contributed by atoms with E-state index in [2.05, 4.69) is 11.9 Å². The van der Waals surface area contributed by atoms with E-state index >= 15 is 0 Å². The van der Waals surface area contributed by atoms with Crippen molar-refractivity contribution in [2.75, 3.05) is 0 Å². The molecule has 3 unspecified atom stereocenters. The monoisotopic (exact) mass is 213 g/mol. The molecule has 0 saturated carbocycles. The van der Waals surface area contributed by atoms with E-state index in [1.54, 1.807) is 16.8 Å². The van der Waals surface area contributed by atoms with Gasteiger partial charge in [0.25, 0.3) is 0 Å². The van der Waals surface area contributed by atoms with Gasteiger partial charge in [-0.1, -0.05) is 0 Å². The van der Waals surface area contributed by atoms with E-state index in [0.717, 1.165) is 17.7 Å². The van der Waals surface area contributed by atoms with Crippen LogP contribution >= 0.6 is 11.3 Å². The predicted molar refractivity (Wildman–Crippen MR) is 55.4 cm³/mol. The molecule has 3 atom stereocenters. The summed E-state index contributed by atoms with van der Waals surface area (Å²) in [5.74, 6) is 0. The van der Waals surface area contributed by atoms with E-state index in [9.17, 15) is 5.11 Å². The first-order valence-electron chi connectivity index (χ1n) is 4.96. The number of hydrogen-bond donors (Lipinski definition) is 1. The molecule has 0 radical (unpaired) electrons. The summed E-state index contributed by atoms with van der Waals surface area (Å²) in [6.45, 7) is 2.05. The molecule has 0 aromatic carbocycles. The van der Waals surface area contributed by atoms with Crippen molar-refractivity contribution in [1.29, 1.82) is 0 Å². The topological polar surface area (TPSA) is 42.4 Å². The summed E-state index contributed by atoms with van der Waals surface area (Å²) in [7, 11) is 0. The van der Waals surface area contributed by atoms with Gasteiger partial charge < -0.3 is 9.84 Å². The van der Waals surface area contributed by atoms with Crippen LogP contribution in [0.3, 0.4) is 0 Å². The maximum Gasteiger partial charge on any atom is 0.0850 e. The van der Waals surface area contributed by atoms with Crippen molar-refractivity contribution in [1.82, 2.24) is 4.98 Å². The van der Waals surface area contributed by atoms with Gasteiger partial charge in [-0.25, -0.2) is 0 Å². The van der Waals surface area contributed by atoms with Crippen molar-refractivity contribution in [3.63, 3.8) is 0 Å². The molecule has 1 fully saturated rings. The first-order chi connectivity index (χ1) is 6.75. The molecule has 4 heteroatoms. The molecule has 2 rings (SSSR count). The van der Waals surface area contributed by atoms with Gasteiger partial charge in [-0.05, 0) is 19.8 Å². The third-order valence-corrected chi connectivity index (χ3v) is 3.39. The standard InChI is InChI=1S/C10H15NO2S/c1-7-2-3-10(13-7)9(12)4-8-5-11-6-14-8/h5-7,9-10,12H,2-4H2,1H3. The highest BCUT2D eigenvalue weighted by Gasteiger charge is 2.28. The molecule has 1 aliphatic rings. The molecule has 0 bridgehead atoms. The Morgan fingerprint density at radius 2 is 2.57 bits per heavy atom. The maximum absolute atomic E-state index is 9.89. The molecule has 78 valence electrons. The highest BCUT2D eigenvalue weighted by atomic mass is 32.1. The minimum absolute atomic E-state index is 0.0205. The van der Waals surface area contributed by atoms with E-state index in [-0.39, 0.29) is 12.2 Å². The minimum atomic E-state index is -0.375. The molecule has 0 aliphatic carbocycles. The van der Waals surface area contributed by atoms with Crippen molar-refractivity contribution in [3.8, 4) is 0 Å². The van der Waals surface area contributed by atoms with Gasteiger partial charge in [-0.3, -0.25) is 4.98 Å². The number of aliphatic hydroxyl groups is 1. The number of thiazole rings is 1. The van der Waals surface area contributed by atoms with E-state index in [4.69, 9.17) is 4.74 Å². The summed E-state index contributed by atoms with van der Waals surface area (Å²) in [6, 6.07) is 0. The van der Waals surface area contributed by atoms with Crippen LogP contribution in [0, 0.1) is 0 Å². The Labute approximate surface area is 87.7 Å². The van der Waals surface area contributed by atoms with Crippen LogP contribution in [-0.2, 0) is 11.2 Å². The molecular formula is C10H15NO2S. The van der Waals surface area contributed by atoms with Crippen molar-refractivity contribution in [3.05, 3.63) is 16.6 Å². The molecule has 14 heavy (non-hydrogen) atoms. The first-order valence-corrected chi connectivity index (χ1v) is 5.84. The predicted octanol–water partition coefficient (Wildman–Crippen LogP) is 1.61. The van der Waals surface area contributed by atoms with E-state index in [1.165, 1.54) is 0 Å². The van der Waals surface area contributed by atoms with Crippen molar-refractivity contribution >= 4 is 11.3 Å². The summed E-state index contributed by atoms with van der Waals surface area (Å²) in [5.41, 5.74) is 1.79. The van der Waals surface area contributed by atoms with Gasteiger partial charge in [0.05, 0.1) is 23.8 Å². The zero-order valence-electron chi connectivity index (χ0n) is 8.22. The number of aromatic nitrogens is 1. The Kier molecular flexibility index (Phi) is 3.15. The van der Waals surface area contributed by atoms with Crippen LogP contribution in [-0.4, -0.2) is 28.4 Å². The maximum atomic E-state index is 9.89. The highest BCUT2D eigenvalue weighted by molar-refractivity contribution is 7.09. The van der Waals surface area contributed by atoms with Gasteiger partial charge in [0.2, 0.25) is 0 Å². The Hall–Kier alpha value is -0.450. The minimum Gasteiger partial charge on any atom is -0.390 e. The first kappa shape index (κ1) is 10.1. The lowest BCUT2D eigenvalue weighted by atomic mass is 10.1. The smallest absolute Gasteiger partial charge is 0.0850 e. The number of aliphatic hydroxyl groups excluding tert-OH is 1. The Balaban J connectivity index is 1.87. The summed E-state index contributed by atoms with van der Waals surface area (Å²) < 4.78 is 5.61. The second-order valence-electron chi connectivity index (χ2n) is 3.80. The van der Waals surface area contributed by atoms with Crippen molar-refractivity contribution < 1.29 is 9.84 Å². The molecule has 2 heterocycles. The van der Waals surface area contributed by atoms with Crippen LogP contribution in [0.1, 0.15) is 24.6 Å². The van der Waals surface area contributed by atoms with Gasteiger partial charge in [0, 0.05) is 17.5 Å². The number of ether oxygens (including phenoxy) is 1. The van der Waals surface area contributed by atoms with Crippen LogP contribution in [0.2, 0.25) is 0 Å². The number of nitrogens with zero attached hydrogens (tertiary/aromatic N) is 1. The lowest BCUT2D eigenvalue weighted by Gasteiger charge is -2.17. The van der Waals surface area contributed by atoms with Crippen LogP contribution in [0.15, 0.2) is 11.7 Å². The molecule has 1 N–H and O–H groups in total. The Morgan fingerprint density at radius 3 is 3.14 bits per heavy atom. The highest BCUT2D eigenvalue weighted by Crippen LogP contribution is 2.24. The third kappa shape index (κ3) is 2.32. The van der Waals surface area contributed by atoms with Crippen molar-refractivity contribution in [2.45, 2.75) is 44.5 Å². The lowest BCUT2D eigenvalue weighted by Crippen LogP contribution is -2.27. The normalized spacial score (nSPS) is 29.3. The van der Waals surface area contributed by atoms with Gasteiger partial charge in [0.1, 0.15) is 0 Å². The van der Waals surface area contributed by atoms with Gasteiger partial charge >= 0.3 is 0 Å². The fraction of sp³-hybridized carbons (Fsp3) is 0.700. The van der Waals surface area contributed by atoms with Gasteiger partial charge in [0.15, 0.2) is 0 Å². The largest absolute Gasteiger partial charge is 0.390 e. The number of rotatable bonds is 3. The molecule has 0 spiro atoms. The lowest BCUT2D eigenvalue weighted by molar-refractivity contribution is -0.0275. The Bertz CT molecular complexity index is 276. The average molecular weight is 213 g/mol. The fourth-order valence-electron chi connectivity index (χ4n) is 1.80. The zero-order valence-corrected chi connectivity index (χ0v) is 9.04. The van der Waals surface area contributed by atoms with Crippen molar-refractivity contribution in [2.24, 2.45) is 0 Å². The molecule has 1 aromatic rings. The molecule has 1 aromatic heterocycles.